The Morgan fingerprint density at radius 2 is 1.62 bits per heavy atom. The highest BCUT2D eigenvalue weighted by Gasteiger charge is 2.20. The summed E-state index contributed by atoms with van der Waals surface area (Å²) in [6.07, 6.45) is 2.27. The molecule has 3 aromatic rings. The second-order valence-corrected chi connectivity index (χ2v) is 8.18. The first-order chi connectivity index (χ1) is 13.7. The number of carbonyl (C=O) groups is 1. The molecule has 0 spiro atoms. The molecule has 29 heavy (non-hydrogen) atoms. The highest BCUT2D eigenvalue weighted by molar-refractivity contribution is 7.90. The molecule has 1 heterocycles. The number of amides is 1. The standard InChI is InChI=1S/C20H19FN4O3S/c1-14-3-7-16(8-4-14)19(26)24-29(27,28)18-11-22-20(23-12-18)25(2)13-15-5-9-17(21)10-6-15/h3-12H,13H2,1-2H3,(H,24,26). The van der Waals surface area contributed by atoms with Crippen molar-refractivity contribution in [2.75, 3.05) is 11.9 Å². The van der Waals surface area contributed by atoms with Crippen LogP contribution in [0.25, 0.3) is 0 Å². The molecule has 0 aliphatic carbocycles. The lowest BCUT2D eigenvalue weighted by atomic mass is 10.1. The maximum atomic E-state index is 13.0. The van der Waals surface area contributed by atoms with Gasteiger partial charge in [0.1, 0.15) is 10.7 Å². The molecule has 0 aliphatic rings. The van der Waals surface area contributed by atoms with Crippen LogP contribution in [0.1, 0.15) is 21.5 Å². The molecule has 9 heteroatoms. The van der Waals surface area contributed by atoms with Gasteiger partial charge in [-0.2, -0.15) is 0 Å². The normalized spacial score (nSPS) is 11.1. The number of sulfonamides is 1. The number of halogens is 1. The molecule has 0 unspecified atom stereocenters. The van der Waals surface area contributed by atoms with Crippen LogP contribution in [0.5, 0.6) is 0 Å². The van der Waals surface area contributed by atoms with Crippen LogP contribution >= 0.6 is 0 Å². The van der Waals surface area contributed by atoms with E-state index < -0.39 is 15.9 Å². The van der Waals surface area contributed by atoms with Gasteiger partial charge in [-0.05, 0) is 36.8 Å². The third kappa shape index (κ3) is 5.14. The van der Waals surface area contributed by atoms with Gasteiger partial charge in [0, 0.05) is 19.2 Å². The second-order valence-electron chi connectivity index (χ2n) is 6.50. The van der Waals surface area contributed by atoms with Gasteiger partial charge < -0.3 is 4.90 Å². The third-order valence-corrected chi connectivity index (χ3v) is 5.43. The summed E-state index contributed by atoms with van der Waals surface area (Å²) in [6, 6.07) is 12.5. The monoisotopic (exact) mass is 414 g/mol. The molecule has 0 radical (unpaired) electrons. The number of aromatic nitrogens is 2. The predicted octanol–water partition coefficient (Wildman–Crippen LogP) is 2.68. The number of aryl methyl sites for hydroxylation is 1. The highest BCUT2D eigenvalue weighted by Crippen LogP contribution is 2.14. The van der Waals surface area contributed by atoms with E-state index in [0.29, 0.717) is 6.54 Å². The van der Waals surface area contributed by atoms with E-state index in [4.69, 9.17) is 0 Å². The maximum absolute atomic E-state index is 13.0. The summed E-state index contributed by atoms with van der Waals surface area (Å²) in [5.41, 5.74) is 2.04. The zero-order chi connectivity index (χ0) is 21.0. The highest BCUT2D eigenvalue weighted by atomic mass is 32.2. The smallest absolute Gasteiger partial charge is 0.267 e. The molecule has 3 rings (SSSR count). The number of hydrogen-bond acceptors (Lipinski definition) is 6. The maximum Gasteiger partial charge on any atom is 0.267 e. The molecule has 7 nitrogen and oxygen atoms in total. The Morgan fingerprint density at radius 1 is 1.03 bits per heavy atom. The third-order valence-electron chi connectivity index (χ3n) is 4.14. The summed E-state index contributed by atoms with van der Waals surface area (Å²) >= 11 is 0. The predicted molar refractivity (Wildman–Crippen MR) is 106 cm³/mol. The summed E-state index contributed by atoms with van der Waals surface area (Å²) in [7, 11) is -2.38. The van der Waals surface area contributed by atoms with Crippen molar-refractivity contribution in [2.45, 2.75) is 18.4 Å². The van der Waals surface area contributed by atoms with Gasteiger partial charge in [0.15, 0.2) is 0 Å². The van der Waals surface area contributed by atoms with Gasteiger partial charge in [0.25, 0.3) is 15.9 Å². The number of hydrogen-bond donors (Lipinski definition) is 1. The summed E-state index contributed by atoms with van der Waals surface area (Å²) in [6.45, 7) is 2.28. The van der Waals surface area contributed by atoms with Crippen molar-refractivity contribution in [3.8, 4) is 0 Å². The SMILES string of the molecule is Cc1ccc(C(=O)NS(=O)(=O)c2cnc(N(C)Cc3ccc(F)cc3)nc2)cc1. The van der Waals surface area contributed by atoms with Crippen LogP contribution in [0.15, 0.2) is 65.8 Å². The van der Waals surface area contributed by atoms with Crippen molar-refractivity contribution in [3.63, 3.8) is 0 Å². The Morgan fingerprint density at radius 3 is 2.21 bits per heavy atom. The fourth-order valence-electron chi connectivity index (χ4n) is 2.52. The van der Waals surface area contributed by atoms with Crippen molar-refractivity contribution in [1.29, 1.82) is 0 Å². The molecule has 1 amide bonds. The van der Waals surface area contributed by atoms with E-state index >= 15 is 0 Å². The Bertz CT molecular complexity index is 1100. The van der Waals surface area contributed by atoms with Gasteiger partial charge in [0.2, 0.25) is 5.95 Å². The molecule has 0 aliphatic heterocycles. The quantitative estimate of drug-likeness (QED) is 0.667. The first-order valence-electron chi connectivity index (χ1n) is 8.66. The summed E-state index contributed by atoms with van der Waals surface area (Å²) in [4.78, 5) is 21.8. The molecule has 0 saturated heterocycles. The molecule has 0 saturated carbocycles. The van der Waals surface area contributed by atoms with Crippen molar-refractivity contribution in [2.24, 2.45) is 0 Å². The molecular formula is C20H19FN4O3S. The lowest BCUT2D eigenvalue weighted by molar-refractivity contribution is 0.0981. The van der Waals surface area contributed by atoms with E-state index in [1.807, 2.05) is 11.6 Å². The first kappa shape index (κ1) is 20.4. The largest absolute Gasteiger partial charge is 0.340 e. The van der Waals surface area contributed by atoms with E-state index in [9.17, 15) is 17.6 Å². The van der Waals surface area contributed by atoms with Crippen LogP contribution in [0.3, 0.4) is 0 Å². The molecule has 150 valence electrons. The van der Waals surface area contributed by atoms with Crippen LogP contribution in [-0.2, 0) is 16.6 Å². The molecule has 1 aromatic heterocycles. The Kier molecular flexibility index (Phi) is 5.88. The molecular weight excluding hydrogens is 395 g/mol. The Hall–Kier alpha value is -3.33. The number of carbonyl (C=O) groups excluding carboxylic acids is 1. The van der Waals surface area contributed by atoms with Crippen LogP contribution < -0.4 is 9.62 Å². The Balaban J connectivity index is 1.70. The van der Waals surface area contributed by atoms with E-state index in [2.05, 4.69) is 9.97 Å². The van der Waals surface area contributed by atoms with Crippen molar-refractivity contribution in [1.82, 2.24) is 14.7 Å². The lowest BCUT2D eigenvalue weighted by Crippen LogP contribution is -2.31. The van der Waals surface area contributed by atoms with Gasteiger partial charge in [0.05, 0.1) is 12.4 Å². The van der Waals surface area contributed by atoms with Gasteiger partial charge in [-0.3, -0.25) is 4.79 Å². The minimum Gasteiger partial charge on any atom is -0.340 e. The van der Waals surface area contributed by atoms with E-state index in [-0.39, 0.29) is 22.2 Å². The summed E-state index contributed by atoms with van der Waals surface area (Å²) < 4.78 is 39.9. The molecule has 0 bridgehead atoms. The minimum absolute atomic E-state index is 0.225. The zero-order valence-electron chi connectivity index (χ0n) is 15.8. The Labute approximate surface area is 168 Å². The van der Waals surface area contributed by atoms with Crippen molar-refractivity contribution < 1.29 is 17.6 Å². The van der Waals surface area contributed by atoms with E-state index in [0.717, 1.165) is 23.5 Å². The number of anilines is 1. The zero-order valence-corrected chi connectivity index (χ0v) is 16.6. The van der Waals surface area contributed by atoms with Crippen LogP contribution in [0.4, 0.5) is 10.3 Å². The van der Waals surface area contributed by atoms with Crippen molar-refractivity contribution >= 4 is 21.9 Å². The average Bonchev–Trinajstić information content (AvgIpc) is 2.70. The van der Waals surface area contributed by atoms with E-state index in [1.54, 1.807) is 48.3 Å². The number of rotatable bonds is 6. The van der Waals surface area contributed by atoms with E-state index in [1.165, 1.54) is 12.1 Å². The molecule has 0 atom stereocenters. The van der Waals surface area contributed by atoms with Gasteiger partial charge >= 0.3 is 0 Å². The second kappa shape index (κ2) is 8.36. The van der Waals surface area contributed by atoms with Crippen LogP contribution in [0.2, 0.25) is 0 Å². The summed E-state index contributed by atoms with van der Waals surface area (Å²) in [5, 5.41) is 0. The number of nitrogens with one attached hydrogen (secondary N) is 1. The van der Waals surface area contributed by atoms with Crippen LogP contribution in [0, 0.1) is 12.7 Å². The van der Waals surface area contributed by atoms with Gasteiger partial charge in [-0.25, -0.2) is 27.5 Å². The molecule has 2 aromatic carbocycles. The summed E-state index contributed by atoms with van der Waals surface area (Å²) in [5.74, 6) is -0.768. The van der Waals surface area contributed by atoms with Crippen molar-refractivity contribution in [3.05, 3.63) is 83.4 Å². The first-order valence-corrected chi connectivity index (χ1v) is 10.1. The van der Waals surface area contributed by atoms with Gasteiger partial charge in [-0.1, -0.05) is 29.8 Å². The molecule has 0 fully saturated rings. The van der Waals surface area contributed by atoms with Crippen LogP contribution in [-0.4, -0.2) is 31.3 Å². The molecule has 1 N–H and O–H groups in total. The number of benzene rings is 2. The fraction of sp³-hybridized carbons (Fsp3) is 0.150. The number of nitrogens with zero attached hydrogens (tertiary/aromatic N) is 3. The fourth-order valence-corrected chi connectivity index (χ4v) is 3.39. The topological polar surface area (TPSA) is 92.3 Å². The van der Waals surface area contributed by atoms with Gasteiger partial charge in [-0.15, -0.1) is 0 Å². The lowest BCUT2D eigenvalue weighted by Gasteiger charge is -2.17. The average molecular weight is 414 g/mol. The minimum atomic E-state index is -4.11.